The van der Waals surface area contributed by atoms with Crippen LogP contribution in [-0.2, 0) is 6.42 Å². The molecule has 15 heavy (non-hydrogen) atoms. The van der Waals surface area contributed by atoms with E-state index in [-0.39, 0.29) is 6.04 Å². The maximum absolute atomic E-state index is 6.11. The number of benzene rings is 1. The summed E-state index contributed by atoms with van der Waals surface area (Å²) in [7, 11) is 3.38. The summed E-state index contributed by atoms with van der Waals surface area (Å²) in [4.78, 5) is 0. The summed E-state index contributed by atoms with van der Waals surface area (Å²) in [5.74, 6) is 1.82. The molecular formula is C12H17NO2. The zero-order valence-electron chi connectivity index (χ0n) is 9.25. The standard InChI is InChI=1S/C12H17NO2/c1-14-10-6-7-11(15-2)12-8(10)4-3-5-9(12)13/h6-7,9H,3-5,13H2,1-2H3/t9-/m1/s1. The monoisotopic (exact) mass is 207 g/mol. The summed E-state index contributed by atoms with van der Waals surface area (Å²) in [5, 5.41) is 0. The minimum absolute atomic E-state index is 0.0822. The lowest BCUT2D eigenvalue weighted by atomic mass is 9.87. The van der Waals surface area contributed by atoms with E-state index in [9.17, 15) is 0 Å². The molecule has 0 spiro atoms. The van der Waals surface area contributed by atoms with Crippen LogP contribution in [0.5, 0.6) is 11.5 Å². The molecule has 0 saturated carbocycles. The third-order valence-corrected chi connectivity index (χ3v) is 3.03. The Bertz CT molecular complexity index is 363. The van der Waals surface area contributed by atoms with E-state index in [0.29, 0.717) is 0 Å². The van der Waals surface area contributed by atoms with Gasteiger partial charge >= 0.3 is 0 Å². The van der Waals surface area contributed by atoms with E-state index in [1.54, 1.807) is 14.2 Å². The summed E-state index contributed by atoms with van der Waals surface area (Å²) in [6.07, 6.45) is 3.18. The average molecular weight is 207 g/mol. The third-order valence-electron chi connectivity index (χ3n) is 3.03. The van der Waals surface area contributed by atoms with Crippen molar-refractivity contribution in [2.45, 2.75) is 25.3 Å². The van der Waals surface area contributed by atoms with Crippen LogP contribution in [0.2, 0.25) is 0 Å². The molecule has 0 bridgehead atoms. The van der Waals surface area contributed by atoms with Crippen molar-refractivity contribution in [3.63, 3.8) is 0 Å². The van der Waals surface area contributed by atoms with Gasteiger partial charge < -0.3 is 15.2 Å². The molecule has 0 amide bonds. The van der Waals surface area contributed by atoms with Crippen LogP contribution in [0.1, 0.15) is 30.0 Å². The zero-order valence-corrected chi connectivity index (χ0v) is 9.25. The first kappa shape index (κ1) is 10.3. The molecule has 1 atom stereocenters. The Kier molecular flexibility index (Phi) is 2.82. The summed E-state index contributed by atoms with van der Waals surface area (Å²) in [6, 6.07) is 3.97. The summed E-state index contributed by atoms with van der Waals surface area (Å²) < 4.78 is 10.7. The van der Waals surface area contributed by atoms with Gasteiger partial charge in [-0.15, -0.1) is 0 Å². The zero-order chi connectivity index (χ0) is 10.8. The van der Waals surface area contributed by atoms with Crippen molar-refractivity contribution in [1.29, 1.82) is 0 Å². The molecule has 0 heterocycles. The molecule has 1 aromatic rings. The fourth-order valence-electron chi connectivity index (χ4n) is 2.30. The normalized spacial score (nSPS) is 19.5. The van der Waals surface area contributed by atoms with Crippen LogP contribution in [0, 0.1) is 0 Å². The molecule has 0 aliphatic heterocycles. The first-order chi connectivity index (χ1) is 7.27. The largest absolute Gasteiger partial charge is 0.496 e. The lowest BCUT2D eigenvalue weighted by Gasteiger charge is -2.26. The van der Waals surface area contributed by atoms with Gasteiger partial charge in [0.25, 0.3) is 0 Å². The molecule has 1 aromatic carbocycles. The number of fused-ring (bicyclic) bond motifs is 1. The Morgan fingerprint density at radius 3 is 2.53 bits per heavy atom. The molecule has 2 N–H and O–H groups in total. The molecule has 0 unspecified atom stereocenters. The Hall–Kier alpha value is -1.22. The lowest BCUT2D eigenvalue weighted by Crippen LogP contribution is -2.19. The maximum atomic E-state index is 6.11. The first-order valence-electron chi connectivity index (χ1n) is 5.27. The van der Waals surface area contributed by atoms with Crippen LogP contribution in [0.25, 0.3) is 0 Å². The van der Waals surface area contributed by atoms with Crippen molar-refractivity contribution in [2.24, 2.45) is 5.73 Å². The Labute approximate surface area is 90.2 Å². The van der Waals surface area contributed by atoms with Gasteiger partial charge in [-0.1, -0.05) is 0 Å². The fourth-order valence-corrected chi connectivity index (χ4v) is 2.30. The highest BCUT2D eigenvalue weighted by atomic mass is 16.5. The third kappa shape index (κ3) is 1.67. The van der Waals surface area contributed by atoms with E-state index in [4.69, 9.17) is 15.2 Å². The molecule has 3 heteroatoms. The number of methoxy groups -OCH3 is 2. The maximum Gasteiger partial charge on any atom is 0.124 e. The van der Waals surface area contributed by atoms with Crippen LogP contribution in [-0.4, -0.2) is 14.2 Å². The topological polar surface area (TPSA) is 44.5 Å². The van der Waals surface area contributed by atoms with Crippen LogP contribution >= 0.6 is 0 Å². The summed E-state index contributed by atoms with van der Waals surface area (Å²) in [5.41, 5.74) is 8.46. The van der Waals surface area contributed by atoms with Crippen molar-refractivity contribution in [3.05, 3.63) is 23.3 Å². The van der Waals surface area contributed by atoms with Gasteiger partial charge in [-0.3, -0.25) is 0 Å². The number of rotatable bonds is 2. The Morgan fingerprint density at radius 2 is 1.87 bits per heavy atom. The second kappa shape index (κ2) is 4.11. The van der Waals surface area contributed by atoms with Gasteiger partial charge in [-0.2, -0.15) is 0 Å². The molecule has 1 aliphatic rings. The van der Waals surface area contributed by atoms with E-state index < -0.39 is 0 Å². The number of nitrogens with two attached hydrogens (primary N) is 1. The molecule has 0 saturated heterocycles. The average Bonchev–Trinajstić information content (AvgIpc) is 2.28. The molecule has 1 aliphatic carbocycles. The van der Waals surface area contributed by atoms with Crippen LogP contribution in [0.4, 0.5) is 0 Å². The smallest absolute Gasteiger partial charge is 0.124 e. The molecule has 3 nitrogen and oxygen atoms in total. The number of ether oxygens (including phenoxy) is 2. The summed E-state index contributed by atoms with van der Waals surface area (Å²) in [6.45, 7) is 0. The molecule has 82 valence electrons. The van der Waals surface area contributed by atoms with Crippen LogP contribution < -0.4 is 15.2 Å². The van der Waals surface area contributed by atoms with E-state index in [2.05, 4.69) is 0 Å². The van der Waals surface area contributed by atoms with Gasteiger partial charge in [0.1, 0.15) is 11.5 Å². The van der Waals surface area contributed by atoms with E-state index in [0.717, 1.165) is 36.3 Å². The van der Waals surface area contributed by atoms with E-state index in [1.165, 1.54) is 5.56 Å². The Morgan fingerprint density at radius 1 is 1.20 bits per heavy atom. The molecule has 0 aromatic heterocycles. The molecule has 2 rings (SSSR count). The van der Waals surface area contributed by atoms with Gasteiger partial charge in [0.15, 0.2) is 0 Å². The number of hydrogen-bond acceptors (Lipinski definition) is 3. The second-order valence-electron chi connectivity index (χ2n) is 3.86. The highest BCUT2D eigenvalue weighted by Crippen LogP contribution is 2.39. The van der Waals surface area contributed by atoms with Crippen molar-refractivity contribution >= 4 is 0 Å². The predicted octanol–water partition coefficient (Wildman–Crippen LogP) is 2.04. The van der Waals surface area contributed by atoms with E-state index >= 15 is 0 Å². The van der Waals surface area contributed by atoms with Gasteiger partial charge in [0.05, 0.1) is 14.2 Å². The molecule has 0 fully saturated rings. The lowest BCUT2D eigenvalue weighted by molar-refractivity contribution is 0.382. The quantitative estimate of drug-likeness (QED) is 0.807. The molecular weight excluding hydrogens is 190 g/mol. The highest BCUT2D eigenvalue weighted by molar-refractivity contribution is 5.51. The second-order valence-corrected chi connectivity index (χ2v) is 3.86. The van der Waals surface area contributed by atoms with Crippen molar-refractivity contribution in [2.75, 3.05) is 14.2 Å². The van der Waals surface area contributed by atoms with Crippen LogP contribution in [0.15, 0.2) is 12.1 Å². The highest BCUT2D eigenvalue weighted by Gasteiger charge is 2.23. The van der Waals surface area contributed by atoms with Crippen molar-refractivity contribution in [1.82, 2.24) is 0 Å². The van der Waals surface area contributed by atoms with Crippen molar-refractivity contribution in [3.8, 4) is 11.5 Å². The van der Waals surface area contributed by atoms with Gasteiger partial charge in [-0.25, -0.2) is 0 Å². The first-order valence-corrected chi connectivity index (χ1v) is 5.27. The number of hydrogen-bond donors (Lipinski definition) is 1. The van der Waals surface area contributed by atoms with Gasteiger partial charge in [0, 0.05) is 17.2 Å². The SMILES string of the molecule is COc1ccc(OC)c2c1CCC[C@H]2N. The Balaban J connectivity index is 2.56. The van der Waals surface area contributed by atoms with Gasteiger partial charge in [0.2, 0.25) is 0 Å². The van der Waals surface area contributed by atoms with E-state index in [1.807, 2.05) is 12.1 Å². The predicted molar refractivity (Wildman–Crippen MR) is 59.4 cm³/mol. The van der Waals surface area contributed by atoms with Gasteiger partial charge in [-0.05, 0) is 31.4 Å². The van der Waals surface area contributed by atoms with Crippen molar-refractivity contribution < 1.29 is 9.47 Å². The minimum atomic E-state index is 0.0822. The summed E-state index contributed by atoms with van der Waals surface area (Å²) >= 11 is 0. The van der Waals surface area contributed by atoms with Crippen LogP contribution in [0.3, 0.4) is 0 Å². The fraction of sp³-hybridized carbons (Fsp3) is 0.500. The molecule has 0 radical (unpaired) electrons. The minimum Gasteiger partial charge on any atom is -0.496 e.